The Morgan fingerprint density at radius 3 is 2.43 bits per heavy atom. The van der Waals surface area contributed by atoms with Gasteiger partial charge in [0.05, 0.1) is 12.2 Å². The lowest BCUT2D eigenvalue weighted by molar-refractivity contribution is 0.0948. The smallest absolute Gasteiger partial charge is 0.293 e. The van der Waals surface area contributed by atoms with Gasteiger partial charge in [0.1, 0.15) is 5.75 Å². The van der Waals surface area contributed by atoms with Crippen LogP contribution < -0.4 is 15.6 Å². The van der Waals surface area contributed by atoms with Crippen molar-refractivity contribution in [1.29, 1.82) is 0 Å². The molecular formula is C22H22N2O4. The minimum Gasteiger partial charge on any atom is -0.502 e. The van der Waals surface area contributed by atoms with Crippen LogP contribution in [0.1, 0.15) is 16.8 Å². The topological polar surface area (TPSA) is 80.6 Å². The van der Waals surface area contributed by atoms with Gasteiger partial charge in [0.2, 0.25) is 0 Å². The van der Waals surface area contributed by atoms with E-state index in [0.29, 0.717) is 19.6 Å². The summed E-state index contributed by atoms with van der Waals surface area (Å²) in [5.41, 5.74) is 1.64. The molecule has 2 aromatic carbocycles. The van der Waals surface area contributed by atoms with Crippen LogP contribution in [0.2, 0.25) is 0 Å². The first kappa shape index (κ1) is 19.2. The molecule has 0 spiro atoms. The second-order valence-corrected chi connectivity index (χ2v) is 6.34. The van der Waals surface area contributed by atoms with E-state index in [2.05, 4.69) is 17.4 Å². The number of carbonyl (C=O) groups is 1. The fraction of sp³-hybridized carbons (Fsp3) is 0.182. The van der Waals surface area contributed by atoms with Gasteiger partial charge in [0, 0.05) is 19.8 Å². The van der Waals surface area contributed by atoms with Crippen molar-refractivity contribution in [2.75, 3.05) is 13.2 Å². The lowest BCUT2D eigenvalue weighted by Crippen LogP contribution is -2.28. The minimum absolute atomic E-state index is 0.0273. The van der Waals surface area contributed by atoms with Gasteiger partial charge in [-0.15, -0.1) is 0 Å². The third-order valence-corrected chi connectivity index (χ3v) is 4.32. The molecule has 0 aliphatic rings. The van der Waals surface area contributed by atoms with Gasteiger partial charge in [-0.1, -0.05) is 42.5 Å². The highest BCUT2D eigenvalue weighted by atomic mass is 16.5. The van der Waals surface area contributed by atoms with E-state index < -0.39 is 17.2 Å². The molecule has 0 aliphatic carbocycles. The number of nitrogens with one attached hydrogen (secondary N) is 1. The average molecular weight is 378 g/mol. The largest absolute Gasteiger partial charge is 0.502 e. The summed E-state index contributed by atoms with van der Waals surface area (Å²) < 4.78 is 6.90. The first-order valence-electron chi connectivity index (χ1n) is 9.01. The quantitative estimate of drug-likeness (QED) is 0.620. The third kappa shape index (κ3) is 4.59. The summed E-state index contributed by atoms with van der Waals surface area (Å²) in [6.07, 6.45) is 2.04. The summed E-state index contributed by atoms with van der Waals surface area (Å²) >= 11 is 0. The number of hydrogen-bond acceptors (Lipinski definition) is 4. The maximum Gasteiger partial charge on any atom is 0.293 e. The zero-order chi connectivity index (χ0) is 19.9. The Labute approximate surface area is 163 Å². The number of nitrogens with zero attached hydrogens (tertiary/aromatic N) is 1. The van der Waals surface area contributed by atoms with Crippen LogP contribution >= 0.6 is 0 Å². The Balaban J connectivity index is 1.44. The minimum atomic E-state index is -0.602. The van der Waals surface area contributed by atoms with Crippen molar-refractivity contribution < 1.29 is 14.6 Å². The Kier molecular flexibility index (Phi) is 6.11. The average Bonchev–Trinajstić information content (AvgIpc) is 2.73. The third-order valence-electron chi connectivity index (χ3n) is 4.32. The SMILES string of the molecule is Cn1ccc(C(=O)NCCCOc2ccc(-c3ccccc3)cc2)c(O)c1=O. The number of aromatic hydroxyl groups is 1. The van der Waals surface area contributed by atoms with Crippen LogP contribution in [0, 0.1) is 0 Å². The number of amides is 1. The summed E-state index contributed by atoms with van der Waals surface area (Å²) in [6.45, 7) is 0.809. The maximum atomic E-state index is 12.1. The molecular weight excluding hydrogens is 356 g/mol. The van der Waals surface area contributed by atoms with Gasteiger partial charge in [-0.3, -0.25) is 9.59 Å². The van der Waals surface area contributed by atoms with Crippen molar-refractivity contribution in [3.63, 3.8) is 0 Å². The van der Waals surface area contributed by atoms with E-state index in [1.807, 2.05) is 42.5 Å². The highest BCUT2D eigenvalue weighted by Gasteiger charge is 2.14. The van der Waals surface area contributed by atoms with Crippen molar-refractivity contribution >= 4 is 5.91 Å². The number of aromatic nitrogens is 1. The molecule has 0 unspecified atom stereocenters. The van der Waals surface area contributed by atoms with Crippen LogP contribution in [0.4, 0.5) is 0 Å². The molecule has 1 amide bonds. The first-order chi connectivity index (χ1) is 13.6. The molecule has 1 aromatic heterocycles. The molecule has 0 radical (unpaired) electrons. The van der Waals surface area contributed by atoms with Crippen molar-refractivity contribution in [1.82, 2.24) is 9.88 Å². The van der Waals surface area contributed by atoms with Gasteiger partial charge in [-0.25, -0.2) is 0 Å². The number of pyridine rings is 1. The van der Waals surface area contributed by atoms with Crippen LogP contribution in [0.25, 0.3) is 11.1 Å². The summed E-state index contributed by atoms with van der Waals surface area (Å²) in [4.78, 5) is 23.7. The zero-order valence-corrected chi connectivity index (χ0v) is 15.6. The Morgan fingerprint density at radius 1 is 1.04 bits per heavy atom. The number of benzene rings is 2. The molecule has 144 valence electrons. The first-order valence-corrected chi connectivity index (χ1v) is 9.01. The van der Waals surface area contributed by atoms with E-state index in [4.69, 9.17) is 4.74 Å². The summed E-state index contributed by atoms with van der Waals surface area (Å²) in [5, 5.41) is 12.5. The maximum absolute atomic E-state index is 12.1. The summed E-state index contributed by atoms with van der Waals surface area (Å²) in [6, 6.07) is 19.4. The van der Waals surface area contributed by atoms with Crippen LogP contribution in [0.3, 0.4) is 0 Å². The molecule has 2 N–H and O–H groups in total. The van der Waals surface area contributed by atoms with Crippen LogP contribution in [0.15, 0.2) is 71.7 Å². The number of hydrogen-bond donors (Lipinski definition) is 2. The molecule has 3 rings (SSSR count). The lowest BCUT2D eigenvalue weighted by Gasteiger charge is -2.09. The molecule has 0 atom stereocenters. The Morgan fingerprint density at radius 2 is 1.71 bits per heavy atom. The molecule has 3 aromatic rings. The fourth-order valence-electron chi connectivity index (χ4n) is 2.73. The molecule has 0 fully saturated rings. The van der Waals surface area contributed by atoms with E-state index in [-0.39, 0.29) is 5.56 Å². The zero-order valence-electron chi connectivity index (χ0n) is 15.6. The van der Waals surface area contributed by atoms with Gasteiger partial charge in [-0.2, -0.15) is 0 Å². The standard InChI is InChI=1S/C22H22N2O4/c1-24-14-12-19(20(25)22(24)27)21(26)23-13-5-15-28-18-10-8-17(9-11-18)16-6-3-2-4-7-16/h2-4,6-12,14,25H,5,13,15H2,1H3,(H,23,26). The monoisotopic (exact) mass is 378 g/mol. The van der Waals surface area contributed by atoms with E-state index in [1.54, 1.807) is 0 Å². The number of carbonyl (C=O) groups excluding carboxylic acids is 1. The molecule has 0 saturated carbocycles. The molecule has 0 saturated heterocycles. The van der Waals surface area contributed by atoms with Gasteiger partial charge < -0.3 is 19.7 Å². The van der Waals surface area contributed by atoms with Crippen LogP contribution in [-0.2, 0) is 7.05 Å². The van der Waals surface area contributed by atoms with E-state index >= 15 is 0 Å². The Bertz CT molecular complexity index is 995. The molecule has 0 aliphatic heterocycles. The van der Waals surface area contributed by atoms with Crippen LogP contribution in [-0.4, -0.2) is 28.7 Å². The fourth-order valence-corrected chi connectivity index (χ4v) is 2.73. The number of ether oxygens (including phenoxy) is 1. The molecule has 0 bridgehead atoms. The molecule has 6 heteroatoms. The van der Waals surface area contributed by atoms with Gasteiger partial charge in [-0.05, 0) is 35.7 Å². The van der Waals surface area contributed by atoms with Crippen molar-refractivity contribution in [3.8, 4) is 22.6 Å². The normalized spacial score (nSPS) is 10.5. The second kappa shape index (κ2) is 8.90. The Hall–Kier alpha value is -3.54. The van der Waals surface area contributed by atoms with E-state index in [9.17, 15) is 14.7 Å². The summed E-state index contributed by atoms with van der Waals surface area (Å²) in [7, 11) is 1.51. The van der Waals surface area contributed by atoms with Crippen molar-refractivity contribution in [2.45, 2.75) is 6.42 Å². The van der Waals surface area contributed by atoms with Crippen molar-refractivity contribution in [3.05, 3.63) is 82.8 Å². The van der Waals surface area contributed by atoms with Crippen molar-refractivity contribution in [2.24, 2.45) is 7.05 Å². The van der Waals surface area contributed by atoms with Crippen LogP contribution in [0.5, 0.6) is 11.5 Å². The highest BCUT2D eigenvalue weighted by molar-refractivity contribution is 5.96. The lowest BCUT2D eigenvalue weighted by atomic mass is 10.1. The predicted molar refractivity (Wildman–Crippen MR) is 108 cm³/mol. The number of aryl methyl sites for hydroxylation is 1. The van der Waals surface area contributed by atoms with Gasteiger partial charge >= 0.3 is 0 Å². The summed E-state index contributed by atoms with van der Waals surface area (Å²) in [5.74, 6) is -0.269. The second-order valence-electron chi connectivity index (χ2n) is 6.34. The molecule has 1 heterocycles. The predicted octanol–water partition coefficient (Wildman–Crippen LogP) is 2.96. The number of rotatable bonds is 7. The van der Waals surface area contributed by atoms with E-state index in [1.165, 1.54) is 23.9 Å². The van der Waals surface area contributed by atoms with Gasteiger partial charge in [0.15, 0.2) is 5.75 Å². The highest BCUT2D eigenvalue weighted by Crippen LogP contribution is 2.22. The molecule has 28 heavy (non-hydrogen) atoms. The van der Waals surface area contributed by atoms with E-state index in [0.717, 1.165) is 16.9 Å². The molecule has 6 nitrogen and oxygen atoms in total. The van der Waals surface area contributed by atoms with Gasteiger partial charge in [0.25, 0.3) is 11.5 Å².